The Balaban J connectivity index is 1.47. The number of nitrogens with zero attached hydrogens (tertiary/aromatic N) is 3. The van der Waals surface area contributed by atoms with E-state index in [1.54, 1.807) is 0 Å². The summed E-state index contributed by atoms with van der Waals surface area (Å²) < 4.78 is 5.54. The molecule has 1 saturated carbocycles. The molecule has 2 aliphatic rings. The molecule has 0 spiro atoms. The summed E-state index contributed by atoms with van der Waals surface area (Å²) in [5.41, 5.74) is 2.27. The number of carbonyl (C=O) groups is 1. The molecule has 0 N–H and O–H groups in total. The molecule has 2 heterocycles. The number of likely N-dealkylation sites (tertiary alicyclic amines) is 1. The van der Waals surface area contributed by atoms with Gasteiger partial charge in [0.15, 0.2) is 0 Å². The van der Waals surface area contributed by atoms with Gasteiger partial charge in [0, 0.05) is 24.6 Å². The van der Waals surface area contributed by atoms with Crippen LogP contribution in [0.25, 0.3) is 11.4 Å². The third-order valence-electron chi connectivity index (χ3n) is 5.29. The second kappa shape index (κ2) is 6.62. The van der Waals surface area contributed by atoms with Crippen molar-refractivity contribution in [2.75, 3.05) is 13.1 Å². The maximum absolute atomic E-state index is 12.3. The molecule has 0 radical (unpaired) electrons. The lowest BCUT2D eigenvalue weighted by Gasteiger charge is -2.31. The molecule has 0 bridgehead atoms. The zero-order valence-electron chi connectivity index (χ0n) is 14.9. The van der Waals surface area contributed by atoms with Crippen LogP contribution in [-0.4, -0.2) is 34.0 Å². The first-order valence-electron chi connectivity index (χ1n) is 9.34. The zero-order chi connectivity index (χ0) is 17.4. The highest BCUT2D eigenvalue weighted by Gasteiger charge is 2.36. The van der Waals surface area contributed by atoms with E-state index in [1.807, 2.05) is 17.0 Å². The van der Waals surface area contributed by atoms with Crippen LogP contribution in [0.2, 0.25) is 0 Å². The van der Waals surface area contributed by atoms with Gasteiger partial charge in [-0.05, 0) is 37.2 Å². The molecule has 1 aromatic heterocycles. The molecule has 1 amide bonds. The summed E-state index contributed by atoms with van der Waals surface area (Å²) in [7, 11) is 0. The van der Waals surface area contributed by atoms with E-state index in [1.165, 1.54) is 5.56 Å². The monoisotopic (exact) mass is 339 g/mol. The Hall–Kier alpha value is -2.17. The second-order valence-corrected chi connectivity index (χ2v) is 7.63. The van der Waals surface area contributed by atoms with Crippen molar-refractivity contribution >= 4 is 5.91 Å². The summed E-state index contributed by atoms with van der Waals surface area (Å²) in [6, 6.07) is 8.33. The first kappa shape index (κ1) is 16.3. The smallest absolute Gasteiger partial charge is 0.231 e. The fraction of sp³-hybridized carbons (Fsp3) is 0.550. The van der Waals surface area contributed by atoms with E-state index in [4.69, 9.17) is 4.52 Å². The van der Waals surface area contributed by atoms with Gasteiger partial charge in [0.25, 0.3) is 0 Å². The van der Waals surface area contributed by atoms with Crippen molar-refractivity contribution in [3.63, 3.8) is 0 Å². The fourth-order valence-electron chi connectivity index (χ4n) is 3.50. The summed E-state index contributed by atoms with van der Waals surface area (Å²) in [6.07, 6.45) is 4.11. The maximum atomic E-state index is 12.3. The van der Waals surface area contributed by atoms with E-state index in [9.17, 15) is 4.79 Å². The number of carbonyl (C=O) groups excluding carboxylic acids is 1. The van der Waals surface area contributed by atoms with E-state index < -0.39 is 0 Å². The van der Waals surface area contributed by atoms with Gasteiger partial charge in [-0.25, -0.2) is 0 Å². The van der Waals surface area contributed by atoms with Gasteiger partial charge in [0.1, 0.15) is 0 Å². The number of rotatable bonds is 4. The van der Waals surface area contributed by atoms with E-state index in [0.29, 0.717) is 30.1 Å². The van der Waals surface area contributed by atoms with Gasteiger partial charge in [-0.3, -0.25) is 4.79 Å². The molecule has 1 atom stereocenters. The molecule has 5 nitrogen and oxygen atoms in total. The minimum atomic E-state index is 0.160. The third-order valence-corrected chi connectivity index (χ3v) is 5.29. The lowest BCUT2D eigenvalue weighted by atomic mass is 9.97. The lowest BCUT2D eigenvalue weighted by molar-refractivity contribution is -0.133. The van der Waals surface area contributed by atoms with Crippen LogP contribution in [0.1, 0.15) is 62.8 Å². The van der Waals surface area contributed by atoms with Crippen LogP contribution in [0, 0.1) is 5.92 Å². The van der Waals surface area contributed by atoms with Crippen LogP contribution in [-0.2, 0) is 4.79 Å². The van der Waals surface area contributed by atoms with Gasteiger partial charge in [0.2, 0.25) is 17.6 Å². The van der Waals surface area contributed by atoms with Crippen LogP contribution in [0.5, 0.6) is 0 Å². The SMILES string of the molecule is CC(C)c1ccc(-c2noc([C@H]3CCCN(C(=O)C4CC4)C3)n2)cc1. The van der Waals surface area contributed by atoms with Crippen molar-refractivity contribution in [1.29, 1.82) is 0 Å². The normalized spacial score (nSPS) is 20.9. The van der Waals surface area contributed by atoms with Crippen LogP contribution in [0.3, 0.4) is 0 Å². The van der Waals surface area contributed by atoms with Crippen molar-refractivity contribution in [3.8, 4) is 11.4 Å². The molecule has 1 aliphatic carbocycles. The lowest BCUT2D eigenvalue weighted by Crippen LogP contribution is -2.40. The van der Waals surface area contributed by atoms with E-state index >= 15 is 0 Å². The Morgan fingerprint density at radius 3 is 2.64 bits per heavy atom. The van der Waals surface area contributed by atoms with Crippen LogP contribution in [0.15, 0.2) is 28.8 Å². The first-order chi connectivity index (χ1) is 12.1. The Kier molecular flexibility index (Phi) is 4.32. The number of benzene rings is 1. The number of amides is 1. The maximum Gasteiger partial charge on any atom is 0.231 e. The summed E-state index contributed by atoms with van der Waals surface area (Å²) in [5, 5.41) is 4.16. The van der Waals surface area contributed by atoms with E-state index in [2.05, 4.69) is 36.1 Å². The first-order valence-corrected chi connectivity index (χ1v) is 9.34. The molecule has 25 heavy (non-hydrogen) atoms. The summed E-state index contributed by atoms with van der Waals surface area (Å²) >= 11 is 0. The van der Waals surface area contributed by atoms with Crippen LogP contribution < -0.4 is 0 Å². The highest BCUT2D eigenvalue weighted by Crippen LogP contribution is 2.34. The molecule has 1 saturated heterocycles. The Morgan fingerprint density at radius 2 is 1.96 bits per heavy atom. The van der Waals surface area contributed by atoms with Crippen molar-refractivity contribution in [1.82, 2.24) is 15.0 Å². The topological polar surface area (TPSA) is 59.2 Å². The quantitative estimate of drug-likeness (QED) is 0.845. The summed E-state index contributed by atoms with van der Waals surface area (Å²) in [6.45, 7) is 5.94. The molecule has 132 valence electrons. The highest BCUT2D eigenvalue weighted by molar-refractivity contribution is 5.81. The van der Waals surface area contributed by atoms with Gasteiger partial charge in [0.05, 0.1) is 5.92 Å². The van der Waals surface area contributed by atoms with Gasteiger partial charge in [-0.2, -0.15) is 4.98 Å². The molecular formula is C20H25N3O2. The number of hydrogen-bond acceptors (Lipinski definition) is 4. The molecule has 2 aromatic rings. The molecule has 2 fully saturated rings. The predicted molar refractivity (Wildman–Crippen MR) is 95.1 cm³/mol. The Labute approximate surface area is 148 Å². The van der Waals surface area contributed by atoms with Crippen molar-refractivity contribution in [3.05, 3.63) is 35.7 Å². The van der Waals surface area contributed by atoms with Crippen molar-refractivity contribution in [2.24, 2.45) is 5.92 Å². The minimum absolute atomic E-state index is 0.160. The van der Waals surface area contributed by atoms with Crippen molar-refractivity contribution < 1.29 is 9.32 Å². The van der Waals surface area contributed by atoms with Gasteiger partial charge in [-0.15, -0.1) is 0 Å². The van der Waals surface area contributed by atoms with Gasteiger partial charge >= 0.3 is 0 Å². The van der Waals surface area contributed by atoms with Gasteiger partial charge in [-0.1, -0.05) is 43.3 Å². The van der Waals surface area contributed by atoms with E-state index in [-0.39, 0.29) is 11.8 Å². The number of hydrogen-bond donors (Lipinski definition) is 0. The molecule has 1 aromatic carbocycles. The largest absolute Gasteiger partial charge is 0.342 e. The fourth-order valence-corrected chi connectivity index (χ4v) is 3.50. The molecule has 1 aliphatic heterocycles. The van der Waals surface area contributed by atoms with Gasteiger partial charge < -0.3 is 9.42 Å². The van der Waals surface area contributed by atoms with E-state index in [0.717, 1.165) is 37.8 Å². The summed E-state index contributed by atoms with van der Waals surface area (Å²) in [4.78, 5) is 18.9. The molecule has 0 unspecified atom stereocenters. The van der Waals surface area contributed by atoms with Crippen LogP contribution >= 0.6 is 0 Å². The summed E-state index contributed by atoms with van der Waals surface area (Å²) in [5.74, 6) is 2.55. The zero-order valence-corrected chi connectivity index (χ0v) is 14.9. The third kappa shape index (κ3) is 3.46. The second-order valence-electron chi connectivity index (χ2n) is 7.63. The average molecular weight is 339 g/mol. The predicted octanol–water partition coefficient (Wildman–Crippen LogP) is 3.98. The molecular weight excluding hydrogens is 314 g/mol. The number of piperidine rings is 1. The highest BCUT2D eigenvalue weighted by atomic mass is 16.5. The van der Waals surface area contributed by atoms with Crippen molar-refractivity contribution in [2.45, 2.75) is 51.4 Å². The minimum Gasteiger partial charge on any atom is -0.342 e. The van der Waals surface area contributed by atoms with Crippen LogP contribution in [0.4, 0.5) is 0 Å². The Morgan fingerprint density at radius 1 is 1.20 bits per heavy atom. The standard InChI is InChI=1S/C20H25N3O2/c1-13(2)14-5-7-15(8-6-14)18-21-19(25-22-18)17-4-3-11-23(12-17)20(24)16-9-10-16/h5-8,13,16-17H,3-4,9-12H2,1-2H3/t17-/m0/s1. The molecule has 4 rings (SSSR count). The average Bonchev–Trinajstić information content (AvgIpc) is 3.37. The Bertz CT molecular complexity index is 747. The number of aromatic nitrogens is 2. The molecule has 5 heteroatoms.